The van der Waals surface area contributed by atoms with E-state index in [1.807, 2.05) is 6.08 Å². The van der Waals surface area contributed by atoms with E-state index in [0.717, 1.165) is 83.5 Å². The first-order chi connectivity index (χ1) is 28.5. The van der Waals surface area contributed by atoms with E-state index < -0.39 is 18.2 Å². The third-order valence-corrected chi connectivity index (χ3v) is 10.2. The largest absolute Gasteiger partial charge is 0.458 e. The van der Waals surface area contributed by atoms with Crippen molar-refractivity contribution in [3.63, 3.8) is 0 Å². The number of aliphatic hydroxyl groups excluding tert-OH is 2. The van der Waals surface area contributed by atoms with Crippen LogP contribution in [0.25, 0.3) is 0 Å². The smallest absolute Gasteiger partial charge is 0.306 e. The molecule has 0 aromatic heterocycles. The minimum Gasteiger partial charge on any atom is -0.458 e. The Labute approximate surface area is 357 Å². The van der Waals surface area contributed by atoms with E-state index in [4.69, 9.17) is 4.74 Å². The summed E-state index contributed by atoms with van der Waals surface area (Å²) in [5, 5.41) is 23.6. The van der Waals surface area contributed by atoms with Crippen LogP contribution in [0.3, 0.4) is 0 Å². The van der Waals surface area contributed by atoms with E-state index in [-0.39, 0.29) is 24.9 Å². The van der Waals surface area contributed by atoms with Crippen LogP contribution in [0.4, 0.5) is 0 Å². The van der Waals surface area contributed by atoms with Crippen LogP contribution in [0.1, 0.15) is 207 Å². The monoisotopic (exact) mass is 808 g/mol. The van der Waals surface area contributed by atoms with Crippen LogP contribution in [-0.4, -0.2) is 46.9 Å². The Morgan fingerprint density at radius 2 is 0.983 bits per heavy atom. The minimum atomic E-state index is -0.823. The van der Waals surface area contributed by atoms with Gasteiger partial charge in [-0.05, 0) is 76.7 Å². The van der Waals surface area contributed by atoms with Crippen molar-refractivity contribution in [2.24, 2.45) is 0 Å². The van der Waals surface area contributed by atoms with Gasteiger partial charge in [0.25, 0.3) is 0 Å². The molecule has 0 aromatic carbocycles. The van der Waals surface area contributed by atoms with Gasteiger partial charge in [0.15, 0.2) is 0 Å². The average Bonchev–Trinajstić information content (AvgIpc) is 3.22. The lowest BCUT2D eigenvalue weighted by Crippen LogP contribution is -2.46. The number of esters is 1. The molecule has 1 amide bonds. The molecule has 0 aliphatic rings. The second-order valence-electron chi connectivity index (χ2n) is 15.8. The Morgan fingerprint density at radius 3 is 1.50 bits per heavy atom. The first-order valence-electron chi connectivity index (χ1n) is 23.8. The number of rotatable bonds is 41. The zero-order chi connectivity index (χ0) is 42.4. The van der Waals surface area contributed by atoms with Gasteiger partial charge in [0.1, 0.15) is 6.10 Å². The molecule has 3 atom stereocenters. The molecule has 3 N–H and O–H groups in total. The Kier molecular flexibility index (Phi) is 42.8. The second-order valence-corrected chi connectivity index (χ2v) is 15.8. The maximum Gasteiger partial charge on any atom is 0.306 e. The molecule has 6 heteroatoms. The lowest BCUT2D eigenvalue weighted by molar-refractivity contribution is -0.148. The van der Waals surface area contributed by atoms with Crippen molar-refractivity contribution in [2.45, 2.75) is 225 Å². The lowest BCUT2D eigenvalue weighted by Gasteiger charge is -2.23. The van der Waals surface area contributed by atoms with Crippen LogP contribution >= 0.6 is 0 Å². The SMILES string of the molecule is CC/C=C\C/C=C\C/C=C\C/C=C\C/C=C\C/C=C\C(CC(=O)NC(CO)C(O)CCCCCCCCCCCCC)OC(=O)CCCCCCC/C=C\CCCC. The highest BCUT2D eigenvalue weighted by Gasteiger charge is 2.23. The molecule has 0 fully saturated rings. The lowest BCUT2D eigenvalue weighted by atomic mass is 10.0. The van der Waals surface area contributed by atoms with Gasteiger partial charge in [-0.1, -0.05) is 202 Å². The summed E-state index contributed by atoms with van der Waals surface area (Å²) >= 11 is 0. The molecule has 0 saturated carbocycles. The Bertz CT molecular complexity index is 1130. The predicted molar refractivity (Wildman–Crippen MR) is 250 cm³/mol. The number of hydrogen-bond donors (Lipinski definition) is 3. The maximum atomic E-state index is 13.1. The van der Waals surface area contributed by atoms with Gasteiger partial charge in [-0.3, -0.25) is 9.59 Å². The van der Waals surface area contributed by atoms with Gasteiger partial charge < -0.3 is 20.3 Å². The van der Waals surface area contributed by atoms with Crippen molar-refractivity contribution < 1.29 is 24.5 Å². The topological polar surface area (TPSA) is 95.9 Å². The number of ether oxygens (including phenoxy) is 1. The summed E-state index contributed by atoms with van der Waals surface area (Å²) in [7, 11) is 0. The number of amides is 1. The Balaban J connectivity index is 4.82. The number of unbranched alkanes of at least 4 members (excludes halogenated alkanes) is 17. The summed E-state index contributed by atoms with van der Waals surface area (Å²) in [5.41, 5.74) is 0. The van der Waals surface area contributed by atoms with Crippen LogP contribution in [0.15, 0.2) is 85.1 Å². The van der Waals surface area contributed by atoms with Gasteiger partial charge in [-0.2, -0.15) is 0 Å². The fourth-order valence-electron chi connectivity index (χ4n) is 6.58. The molecule has 0 heterocycles. The van der Waals surface area contributed by atoms with Crippen LogP contribution < -0.4 is 5.32 Å². The molecule has 0 aliphatic carbocycles. The number of hydrogen-bond acceptors (Lipinski definition) is 5. The van der Waals surface area contributed by atoms with Crippen molar-refractivity contribution in [3.05, 3.63) is 85.1 Å². The van der Waals surface area contributed by atoms with Crippen molar-refractivity contribution in [1.82, 2.24) is 5.32 Å². The fraction of sp³-hybridized carbons (Fsp3) is 0.692. The molecule has 0 radical (unpaired) electrons. The van der Waals surface area contributed by atoms with Gasteiger partial charge in [0.05, 0.1) is 25.2 Å². The second kappa shape index (κ2) is 45.1. The summed E-state index contributed by atoms with van der Waals surface area (Å²) in [5.74, 6) is -0.649. The number of carbonyl (C=O) groups is 2. The van der Waals surface area contributed by atoms with E-state index in [9.17, 15) is 19.8 Å². The highest BCUT2D eigenvalue weighted by atomic mass is 16.5. The van der Waals surface area contributed by atoms with Crippen LogP contribution in [-0.2, 0) is 14.3 Å². The Morgan fingerprint density at radius 1 is 0.534 bits per heavy atom. The van der Waals surface area contributed by atoms with Crippen LogP contribution in [0.5, 0.6) is 0 Å². The number of allylic oxidation sites excluding steroid dienone is 13. The normalized spacial score (nSPS) is 14.1. The van der Waals surface area contributed by atoms with E-state index in [0.29, 0.717) is 19.3 Å². The Hall–Kier alpha value is -2.96. The molecule has 0 aromatic rings. The van der Waals surface area contributed by atoms with Crippen LogP contribution in [0.2, 0.25) is 0 Å². The maximum absolute atomic E-state index is 13.1. The van der Waals surface area contributed by atoms with E-state index in [1.54, 1.807) is 6.08 Å². The number of nitrogens with one attached hydrogen (secondary N) is 1. The van der Waals surface area contributed by atoms with Crippen LogP contribution in [0, 0.1) is 0 Å². The molecular formula is C52H89NO5. The third-order valence-electron chi connectivity index (χ3n) is 10.2. The standard InChI is InChI=1S/C52H89NO5/c1-4-7-10-13-16-19-22-23-24-25-26-27-30-31-34-37-40-43-48(58-52(57)45-42-39-36-33-29-21-18-15-12-9-6-3)46-51(56)53-49(47-54)50(55)44-41-38-35-32-28-20-17-14-11-8-5-2/h7,10,15-16,18-19,23-24,26-27,31,34,40,43,48-50,54-55H,4-6,8-9,11-14,17,20-22,25,28-30,32-33,35-39,41-42,44-47H2,1-3H3,(H,53,56)/b10-7-,18-15-,19-16-,24-23-,27-26-,34-31-,43-40-. The van der Waals surface area contributed by atoms with E-state index in [2.05, 4.69) is 99.0 Å². The number of aliphatic hydroxyl groups is 2. The highest BCUT2D eigenvalue weighted by Crippen LogP contribution is 2.15. The fourth-order valence-corrected chi connectivity index (χ4v) is 6.58. The van der Waals surface area contributed by atoms with Crippen molar-refractivity contribution in [2.75, 3.05) is 6.61 Å². The molecule has 0 bridgehead atoms. The average molecular weight is 808 g/mol. The van der Waals surface area contributed by atoms with Gasteiger partial charge in [0.2, 0.25) is 5.91 Å². The van der Waals surface area contributed by atoms with E-state index in [1.165, 1.54) is 77.0 Å². The molecule has 332 valence electrons. The first kappa shape index (κ1) is 55.0. The zero-order valence-corrected chi connectivity index (χ0v) is 37.6. The molecule has 0 saturated heterocycles. The summed E-state index contributed by atoms with van der Waals surface area (Å²) in [4.78, 5) is 26.0. The van der Waals surface area contributed by atoms with Gasteiger partial charge in [-0.15, -0.1) is 0 Å². The summed E-state index contributed by atoms with van der Waals surface area (Å²) < 4.78 is 5.79. The molecule has 58 heavy (non-hydrogen) atoms. The summed E-state index contributed by atoms with van der Waals surface area (Å²) in [6.07, 6.45) is 58.1. The molecule has 0 rings (SSSR count). The quantitative estimate of drug-likeness (QED) is 0.0325. The van der Waals surface area contributed by atoms with Gasteiger partial charge in [0, 0.05) is 6.42 Å². The van der Waals surface area contributed by atoms with Crippen molar-refractivity contribution >= 4 is 11.9 Å². The van der Waals surface area contributed by atoms with Crippen molar-refractivity contribution in [1.29, 1.82) is 0 Å². The molecule has 0 aliphatic heterocycles. The summed E-state index contributed by atoms with van der Waals surface area (Å²) in [6, 6.07) is -0.746. The zero-order valence-electron chi connectivity index (χ0n) is 37.6. The number of carbonyl (C=O) groups excluding carboxylic acids is 2. The van der Waals surface area contributed by atoms with E-state index >= 15 is 0 Å². The molecule has 6 nitrogen and oxygen atoms in total. The third kappa shape index (κ3) is 39.8. The van der Waals surface area contributed by atoms with Gasteiger partial charge in [-0.25, -0.2) is 0 Å². The first-order valence-corrected chi connectivity index (χ1v) is 23.8. The molecule has 3 unspecified atom stereocenters. The van der Waals surface area contributed by atoms with Crippen molar-refractivity contribution in [3.8, 4) is 0 Å². The molecule has 0 spiro atoms. The highest BCUT2D eigenvalue weighted by molar-refractivity contribution is 5.78. The van der Waals surface area contributed by atoms with Gasteiger partial charge >= 0.3 is 5.97 Å². The predicted octanol–water partition coefficient (Wildman–Crippen LogP) is 14.0. The summed E-state index contributed by atoms with van der Waals surface area (Å²) in [6.45, 7) is 6.27. The molecular weight excluding hydrogens is 719 g/mol. The minimum absolute atomic E-state index is 0.0542.